The number of piperidine rings is 1. The molecule has 0 saturated carbocycles. The van der Waals surface area contributed by atoms with Gasteiger partial charge in [0.1, 0.15) is 5.60 Å². The molecule has 2 fully saturated rings. The highest BCUT2D eigenvalue weighted by Gasteiger charge is 2.46. The normalized spacial score (nSPS) is 21.0. The number of hydrogen-bond donors (Lipinski definition) is 1. The van der Waals surface area contributed by atoms with Crippen LogP contribution in [-0.4, -0.2) is 59.2 Å². The molecule has 1 atom stereocenters. The van der Waals surface area contributed by atoms with Crippen LogP contribution in [0, 0.1) is 0 Å². The number of halogens is 3. The van der Waals surface area contributed by atoms with Crippen molar-refractivity contribution >= 4 is 12.0 Å². The lowest BCUT2D eigenvalue weighted by Crippen LogP contribution is -2.49. The van der Waals surface area contributed by atoms with Gasteiger partial charge in [-0.25, -0.2) is 4.79 Å². The summed E-state index contributed by atoms with van der Waals surface area (Å²) >= 11 is 0. The van der Waals surface area contributed by atoms with Crippen LogP contribution in [0.25, 0.3) is 0 Å². The number of rotatable bonds is 2. The van der Waals surface area contributed by atoms with E-state index in [1.807, 2.05) is 0 Å². The van der Waals surface area contributed by atoms with Crippen LogP contribution in [0.15, 0.2) is 24.3 Å². The van der Waals surface area contributed by atoms with Gasteiger partial charge in [0, 0.05) is 33.0 Å². The van der Waals surface area contributed by atoms with Crippen molar-refractivity contribution < 1.29 is 32.6 Å². The number of likely N-dealkylation sites (N-methyl/N-ethyl adjacent to an activating group) is 1. The number of likely N-dealkylation sites (tertiary alicyclic amines) is 1. The number of carbonyl (C=O) groups excluding carboxylic acids is 2. The average molecular weight is 372 g/mol. The fourth-order valence-corrected chi connectivity index (χ4v) is 3.36. The molecule has 1 N–H and O–H groups in total. The summed E-state index contributed by atoms with van der Waals surface area (Å²) in [4.78, 5) is 26.9. The molecular weight excluding hydrogens is 353 g/mol. The molecule has 0 bridgehead atoms. The summed E-state index contributed by atoms with van der Waals surface area (Å²) in [6.07, 6.45) is -5.49. The highest BCUT2D eigenvalue weighted by Crippen LogP contribution is 2.34. The first-order valence-electron chi connectivity index (χ1n) is 8.19. The Morgan fingerprint density at radius 3 is 2.27 bits per heavy atom. The van der Waals surface area contributed by atoms with Crippen LogP contribution in [0.1, 0.15) is 30.1 Å². The first-order chi connectivity index (χ1) is 12.1. The van der Waals surface area contributed by atoms with Crippen LogP contribution < -0.4 is 0 Å². The van der Waals surface area contributed by atoms with Gasteiger partial charge in [-0.05, 0) is 17.7 Å². The van der Waals surface area contributed by atoms with Crippen molar-refractivity contribution in [2.24, 2.45) is 0 Å². The van der Waals surface area contributed by atoms with E-state index in [2.05, 4.69) is 0 Å². The van der Waals surface area contributed by atoms with Gasteiger partial charge in [0.15, 0.2) is 6.10 Å². The molecule has 1 aromatic rings. The van der Waals surface area contributed by atoms with Gasteiger partial charge in [-0.1, -0.05) is 12.1 Å². The van der Waals surface area contributed by atoms with Gasteiger partial charge in [-0.3, -0.25) is 4.79 Å². The van der Waals surface area contributed by atoms with E-state index in [1.54, 1.807) is 7.05 Å². The zero-order valence-corrected chi connectivity index (χ0v) is 14.1. The number of hydrogen-bond acceptors (Lipinski definition) is 4. The van der Waals surface area contributed by atoms with Gasteiger partial charge >= 0.3 is 12.3 Å². The molecule has 26 heavy (non-hydrogen) atoms. The number of amides is 2. The monoisotopic (exact) mass is 372 g/mol. The standard InChI is InChI=1S/C17H19F3N2O4/c1-21-10-16(26-15(21)25)6-8-22(9-7-16)14(24)13(23)11-2-4-12(5-3-11)17(18,19)20/h2-5,13,23H,6-10H2,1H3/t13-/m1/s1. The fraction of sp³-hybridized carbons (Fsp3) is 0.529. The van der Waals surface area contributed by atoms with Crippen LogP contribution in [0.5, 0.6) is 0 Å². The summed E-state index contributed by atoms with van der Waals surface area (Å²) in [7, 11) is 1.64. The highest BCUT2D eigenvalue weighted by molar-refractivity contribution is 5.82. The van der Waals surface area contributed by atoms with Crippen LogP contribution in [0.2, 0.25) is 0 Å². The minimum absolute atomic E-state index is 0.107. The summed E-state index contributed by atoms with van der Waals surface area (Å²) in [6.45, 7) is 1.06. The third-order valence-electron chi connectivity index (χ3n) is 4.91. The van der Waals surface area contributed by atoms with E-state index in [1.165, 1.54) is 9.80 Å². The van der Waals surface area contributed by atoms with E-state index in [9.17, 15) is 27.9 Å². The van der Waals surface area contributed by atoms with Gasteiger partial charge in [-0.15, -0.1) is 0 Å². The Balaban J connectivity index is 1.62. The van der Waals surface area contributed by atoms with Crippen LogP contribution in [0.3, 0.4) is 0 Å². The Hall–Kier alpha value is -2.29. The summed E-state index contributed by atoms with van der Waals surface area (Å²) in [5.41, 5.74) is -1.34. The zero-order valence-electron chi connectivity index (χ0n) is 14.1. The Bertz CT molecular complexity index is 697. The summed E-state index contributed by atoms with van der Waals surface area (Å²) in [5.74, 6) is -0.572. The molecule has 0 aliphatic carbocycles. The predicted molar refractivity (Wildman–Crippen MR) is 84.1 cm³/mol. The molecule has 3 rings (SSSR count). The molecule has 2 aliphatic heterocycles. The number of aliphatic hydroxyl groups excluding tert-OH is 1. The molecule has 6 nitrogen and oxygen atoms in total. The molecule has 1 aromatic carbocycles. The van der Waals surface area contributed by atoms with E-state index < -0.39 is 35.4 Å². The van der Waals surface area contributed by atoms with Gasteiger partial charge in [0.25, 0.3) is 5.91 Å². The van der Waals surface area contributed by atoms with Crippen molar-refractivity contribution in [3.05, 3.63) is 35.4 Å². The van der Waals surface area contributed by atoms with Crippen molar-refractivity contribution in [2.75, 3.05) is 26.7 Å². The molecule has 2 amide bonds. The molecule has 9 heteroatoms. The van der Waals surface area contributed by atoms with E-state index in [0.717, 1.165) is 24.3 Å². The van der Waals surface area contributed by atoms with Crippen molar-refractivity contribution in [1.29, 1.82) is 0 Å². The number of aliphatic hydroxyl groups is 1. The van der Waals surface area contributed by atoms with Crippen molar-refractivity contribution in [3.63, 3.8) is 0 Å². The molecule has 0 radical (unpaired) electrons. The highest BCUT2D eigenvalue weighted by atomic mass is 19.4. The van der Waals surface area contributed by atoms with E-state index in [-0.39, 0.29) is 5.56 Å². The molecule has 142 valence electrons. The first kappa shape index (κ1) is 18.5. The summed E-state index contributed by atoms with van der Waals surface area (Å²) in [5, 5.41) is 10.2. The maximum Gasteiger partial charge on any atom is 0.416 e. The SMILES string of the molecule is CN1CC2(CCN(C(=O)[C@H](O)c3ccc(C(F)(F)F)cc3)CC2)OC1=O. The maximum atomic E-state index is 12.6. The summed E-state index contributed by atoms with van der Waals surface area (Å²) < 4.78 is 43.2. The minimum Gasteiger partial charge on any atom is -0.441 e. The molecule has 2 aliphatic rings. The Labute approximate surface area is 148 Å². The lowest BCUT2D eigenvalue weighted by molar-refractivity contribution is -0.143. The second-order valence-electron chi connectivity index (χ2n) is 6.75. The quantitative estimate of drug-likeness (QED) is 0.864. The van der Waals surface area contributed by atoms with Crippen LogP contribution >= 0.6 is 0 Å². The molecule has 1 spiro atoms. The zero-order chi connectivity index (χ0) is 19.1. The number of nitrogens with zero attached hydrogens (tertiary/aromatic N) is 2. The lowest BCUT2D eigenvalue weighted by atomic mass is 9.91. The average Bonchev–Trinajstić information content (AvgIpc) is 2.87. The van der Waals surface area contributed by atoms with Crippen molar-refractivity contribution in [3.8, 4) is 0 Å². The molecule has 0 aromatic heterocycles. The van der Waals surface area contributed by atoms with Gasteiger partial charge < -0.3 is 19.6 Å². The lowest BCUT2D eigenvalue weighted by Gasteiger charge is -2.38. The molecule has 2 saturated heterocycles. The van der Waals surface area contributed by atoms with E-state index in [0.29, 0.717) is 32.5 Å². The van der Waals surface area contributed by atoms with E-state index in [4.69, 9.17) is 4.74 Å². The van der Waals surface area contributed by atoms with Gasteiger partial charge in [0.2, 0.25) is 0 Å². The second kappa shape index (κ2) is 6.46. The minimum atomic E-state index is -4.47. The molecule has 0 unspecified atom stereocenters. The Kier molecular flexibility index (Phi) is 4.60. The Morgan fingerprint density at radius 1 is 1.23 bits per heavy atom. The largest absolute Gasteiger partial charge is 0.441 e. The number of ether oxygens (including phenoxy) is 1. The van der Waals surface area contributed by atoms with Crippen molar-refractivity contribution in [2.45, 2.75) is 30.7 Å². The Morgan fingerprint density at radius 2 is 1.81 bits per heavy atom. The number of carbonyl (C=O) groups is 2. The second-order valence-corrected chi connectivity index (χ2v) is 6.75. The van der Waals surface area contributed by atoms with Crippen LogP contribution in [0.4, 0.5) is 18.0 Å². The third kappa shape index (κ3) is 3.48. The van der Waals surface area contributed by atoms with Gasteiger partial charge in [0.05, 0.1) is 12.1 Å². The smallest absolute Gasteiger partial charge is 0.416 e. The maximum absolute atomic E-state index is 12.6. The molecule has 2 heterocycles. The summed E-state index contributed by atoms with van der Waals surface area (Å²) in [6, 6.07) is 3.88. The predicted octanol–water partition coefficient (Wildman–Crippen LogP) is 2.18. The van der Waals surface area contributed by atoms with Crippen LogP contribution in [-0.2, 0) is 15.7 Å². The number of alkyl halides is 3. The topological polar surface area (TPSA) is 70.1 Å². The van der Waals surface area contributed by atoms with Gasteiger partial charge in [-0.2, -0.15) is 13.2 Å². The molecular formula is C17H19F3N2O4. The first-order valence-corrected chi connectivity index (χ1v) is 8.19. The van der Waals surface area contributed by atoms with Crippen molar-refractivity contribution in [1.82, 2.24) is 9.80 Å². The fourth-order valence-electron chi connectivity index (χ4n) is 3.36. The third-order valence-corrected chi connectivity index (χ3v) is 4.91. The van der Waals surface area contributed by atoms with E-state index >= 15 is 0 Å². The number of benzene rings is 1.